The van der Waals surface area contributed by atoms with Gasteiger partial charge in [-0.25, -0.2) is 0 Å². The highest BCUT2D eigenvalue weighted by Crippen LogP contribution is 2.34. The van der Waals surface area contributed by atoms with Crippen LogP contribution in [-0.2, 0) is 20.8 Å². The van der Waals surface area contributed by atoms with Crippen molar-refractivity contribution in [2.24, 2.45) is 0 Å². The van der Waals surface area contributed by atoms with Gasteiger partial charge in [0.05, 0.1) is 12.1 Å². The molecule has 0 saturated carbocycles. The number of carbonyl (C=O) groups excluding carboxylic acids is 2. The lowest BCUT2D eigenvalue weighted by Crippen LogP contribution is -2.52. The molecule has 200 valence electrons. The summed E-state index contributed by atoms with van der Waals surface area (Å²) in [5, 5.41) is 29.3. The van der Waals surface area contributed by atoms with E-state index < -0.39 is 41.5 Å². The Kier molecular flexibility index (Phi) is 8.59. The van der Waals surface area contributed by atoms with Crippen LogP contribution in [-0.4, -0.2) is 34.1 Å². The number of aliphatic hydroxyl groups is 2. The lowest BCUT2D eigenvalue weighted by molar-refractivity contribution is -0.131. The van der Waals surface area contributed by atoms with Crippen LogP contribution in [0.25, 0.3) is 0 Å². The molecule has 0 spiro atoms. The second kappa shape index (κ2) is 12.1. The largest absolute Gasteiger partial charge is 0.378 e. The summed E-state index contributed by atoms with van der Waals surface area (Å²) in [6.07, 6.45) is -0.464. The van der Waals surface area contributed by atoms with Gasteiger partial charge in [0.15, 0.2) is 0 Å². The quantitative estimate of drug-likeness (QED) is 0.234. The Labute approximate surface area is 229 Å². The van der Waals surface area contributed by atoms with Crippen LogP contribution in [0.3, 0.4) is 0 Å². The molecule has 0 bridgehead atoms. The molecule has 0 aliphatic rings. The minimum Gasteiger partial charge on any atom is -0.378 e. The van der Waals surface area contributed by atoms with Crippen LogP contribution in [0.1, 0.15) is 42.5 Å². The van der Waals surface area contributed by atoms with Gasteiger partial charge in [-0.2, -0.15) is 0 Å². The van der Waals surface area contributed by atoms with E-state index >= 15 is 0 Å². The lowest BCUT2D eigenvalue weighted by Gasteiger charge is -2.36. The second-order valence-electron chi connectivity index (χ2n) is 9.75. The number of rotatable bonds is 10. The zero-order chi connectivity index (χ0) is 27.9. The maximum atomic E-state index is 13.0. The Hall–Kier alpha value is -4.26. The van der Waals surface area contributed by atoms with E-state index in [0.717, 1.165) is 0 Å². The van der Waals surface area contributed by atoms with Gasteiger partial charge in [-0.3, -0.25) is 9.59 Å². The van der Waals surface area contributed by atoms with E-state index in [4.69, 9.17) is 0 Å². The number of hydrogen-bond donors (Lipinski definition) is 4. The molecule has 0 aromatic heterocycles. The van der Waals surface area contributed by atoms with Crippen LogP contribution in [0.5, 0.6) is 0 Å². The molecule has 2 amide bonds. The molecule has 0 aliphatic heterocycles. The van der Waals surface area contributed by atoms with Gasteiger partial charge in [0.25, 0.3) is 0 Å². The van der Waals surface area contributed by atoms with E-state index in [1.54, 1.807) is 62.4 Å². The number of hydrogen-bond acceptors (Lipinski definition) is 4. The summed E-state index contributed by atoms with van der Waals surface area (Å²) in [4.78, 5) is 26.0. The average Bonchev–Trinajstić information content (AvgIpc) is 2.97. The topological polar surface area (TPSA) is 98.7 Å². The predicted octanol–water partition coefficient (Wildman–Crippen LogP) is 4.26. The van der Waals surface area contributed by atoms with Crippen LogP contribution in [0.4, 0.5) is 0 Å². The summed E-state index contributed by atoms with van der Waals surface area (Å²) in [6.45, 7) is 3.42. The fraction of sp³-hybridized carbons (Fsp3) is 0.212. The maximum Gasteiger partial charge on any atom is 0.229 e. The van der Waals surface area contributed by atoms with Crippen LogP contribution in [0.2, 0.25) is 0 Å². The first-order chi connectivity index (χ1) is 18.8. The van der Waals surface area contributed by atoms with Gasteiger partial charge in [-0.15, -0.1) is 0 Å². The normalized spacial score (nSPS) is 13.2. The van der Waals surface area contributed by atoms with Gasteiger partial charge in [0.1, 0.15) is 17.6 Å². The maximum absolute atomic E-state index is 13.0. The monoisotopic (exact) mass is 522 g/mol. The first kappa shape index (κ1) is 27.8. The van der Waals surface area contributed by atoms with Crippen molar-refractivity contribution in [2.45, 2.75) is 43.6 Å². The molecule has 4 rings (SSSR count). The second-order valence-corrected chi connectivity index (χ2v) is 9.75. The van der Waals surface area contributed by atoms with Crippen molar-refractivity contribution in [3.05, 3.63) is 144 Å². The van der Waals surface area contributed by atoms with E-state index in [-0.39, 0.29) is 0 Å². The highest BCUT2D eigenvalue weighted by Gasteiger charge is 2.40. The van der Waals surface area contributed by atoms with Crippen LogP contribution >= 0.6 is 0 Å². The summed E-state index contributed by atoms with van der Waals surface area (Å²) >= 11 is 0. The van der Waals surface area contributed by atoms with Gasteiger partial charge < -0.3 is 20.8 Å². The van der Waals surface area contributed by atoms with Crippen molar-refractivity contribution < 1.29 is 19.8 Å². The molecule has 0 heterocycles. The van der Waals surface area contributed by atoms with Gasteiger partial charge in [0, 0.05) is 0 Å². The predicted molar refractivity (Wildman–Crippen MR) is 152 cm³/mol. The fourth-order valence-electron chi connectivity index (χ4n) is 5.04. The Bertz CT molecular complexity index is 1180. The van der Waals surface area contributed by atoms with Gasteiger partial charge >= 0.3 is 0 Å². The summed E-state index contributed by atoms with van der Waals surface area (Å²) < 4.78 is 0. The average molecular weight is 523 g/mol. The zero-order valence-corrected chi connectivity index (χ0v) is 22.1. The summed E-state index contributed by atoms with van der Waals surface area (Å²) in [6, 6.07) is 35.0. The van der Waals surface area contributed by atoms with Crippen molar-refractivity contribution in [1.82, 2.24) is 10.6 Å². The third kappa shape index (κ3) is 5.93. The van der Waals surface area contributed by atoms with E-state index in [0.29, 0.717) is 22.3 Å². The molecule has 4 aromatic rings. The lowest BCUT2D eigenvalue weighted by atomic mass is 9.80. The zero-order valence-electron chi connectivity index (χ0n) is 22.1. The SMILES string of the molecule is C[C@@H](NC(=O)CC(=O)N[C@H](C)C(O)(c1ccccc1)c1ccccc1)C(O)(c1ccccc1)c1ccccc1. The standard InChI is InChI=1S/C33H34N2O4/c1-24(32(38,26-15-7-3-8-16-26)27-17-9-4-10-18-27)34-30(36)23-31(37)35-25(2)33(39,28-19-11-5-12-20-28)29-21-13-6-14-22-29/h3-22,24-25,38-39H,23H2,1-2H3,(H,34,36)(H,35,37)/t24-,25-/m1/s1. The molecule has 0 radical (unpaired) electrons. The Morgan fingerprint density at radius 3 is 1.00 bits per heavy atom. The molecule has 6 nitrogen and oxygen atoms in total. The number of nitrogens with one attached hydrogen (secondary N) is 2. The molecule has 0 aliphatic carbocycles. The Morgan fingerprint density at radius 1 is 0.538 bits per heavy atom. The van der Waals surface area contributed by atoms with Crippen molar-refractivity contribution in [1.29, 1.82) is 0 Å². The van der Waals surface area contributed by atoms with Crippen molar-refractivity contribution in [2.75, 3.05) is 0 Å². The van der Waals surface area contributed by atoms with E-state index in [1.165, 1.54) is 0 Å². The molecule has 0 unspecified atom stereocenters. The third-order valence-electron chi connectivity index (χ3n) is 7.18. The minimum atomic E-state index is -1.51. The fourth-order valence-corrected chi connectivity index (χ4v) is 5.04. The van der Waals surface area contributed by atoms with E-state index in [9.17, 15) is 19.8 Å². The first-order valence-electron chi connectivity index (χ1n) is 13.0. The molecule has 39 heavy (non-hydrogen) atoms. The van der Waals surface area contributed by atoms with Gasteiger partial charge in [-0.05, 0) is 36.1 Å². The van der Waals surface area contributed by atoms with E-state index in [2.05, 4.69) is 10.6 Å². The van der Waals surface area contributed by atoms with Crippen molar-refractivity contribution in [3.63, 3.8) is 0 Å². The number of benzene rings is 4. The van der Waals surface area contributed by atoms with Gasteiger partial charge in [-0.1, -0.05) is 121 Å². The minimum absolute atomic E-state index is 0.464. The smallest absolute Gasteiger partial charge is 0.229 e. The summed E-state index contributed by atoms with van der Waals surface area (Å²) in [5.74, 6) is -1.08. The number of amides is 2. The Balaban J connectivity index is 1.49. The molecule has 4 aromatic carbocycles. The van der Waals surface area contributed by atoms with Crippen molar-refractivity contribution in [3.8, 4) is 0 Å². The molecule has 0 fully saturated rings. The summed E-state index contributed by atoms with van der Waals surface area (Å²) in [5.41, 5.74) is -0.530. The van der Waals surface area contributed by atoms with Gasteiger partial charge in [0.2, 0.25) is 11.8 Å². The molecular formula is C33H34N2O4. The number of carbonyl (C=O) groups is 2. The molecule has 2 atom stereocenters. The third-order valence-corrected chi connectivity index (χ3v) is 7.18. The molecular weight excluding hydrogens is 488 g/mol. The Morgan fingerprint density at radius 2 is 0.769 bits per heavy atom. The van der Waals surface area contributed by atoms with Crippen LogP contribution < -0.4 is 10.6 Å². The summed E-state index contributed by atoms with van der Waals surface area (Å²) in [7, 11) is 0. The molecule has 0 saturated heterocycles. The highest BCUT2D eigenvalue weighted by atomic mass is 16.3. The highest BCUT2D eigenvalue weighted by molar-refractivity contribution is 5.97. The van der Waals surface area contributed by atoms with Crippen LogP contribution in [0.15, 0.2) is 121 Å². The van der Waals surface area contributed by atoms with Crippen molar-refractivity contribution >= 4 is 11.8 Å². The van der Waals surface area contributed by atoms with E-state index in [1.807, 2.05) is 72.8 Å². The van der Waals surface area contributed by atoms with Crippen LogP contribution in [0, 0.1) is 0 Å². The molecule has 6 heteroatoms. The first-order valence-corrected chi connectivity index (χ1v) is 13.0. The molecule has 4 N–H and O–H groups in total.